The van der Waals surface area contributed by atoms with Crippen LogP contribution in [-0.4, -0.2) is 17.6 Å². The smallest absolute Gasteiger partial charge is 0.330 e. The molecular weight excluding hydrogens is 329 g/mol. The first kappa shape index (κ1) is 19.7. The van der Waals surface area contributed by atoms with E-state index in [-0.39, 0.29) is 5.83 Å². The van der Waals surface area contributed by atoms with Crippen LogP contribution >= 0.6 is 0 Å². The molecule has 2 aromatic rings. The number of ether oxygens (including phenoxy) is 1. The van der Waals surface area contributed by atoms with Gasteiger partial charge in [0.2, 0.25) is 0 Å². The number of rotatable bonds is 5. The van der Waals surface area contributed by atoms with Crippen LogP contribution in [0, 0.1) is 6.92 Å². The highest BCUT2D eigenvalue weighted by molar-refractivity contribution is 5.86. The molecule has 0 spiro atoms. The summed E-state index contributed by atoms with van der Waals surface area (Å²) in [4.78, 5) is 11.2. The third kappa shape index (κ3) is 4.31. The van der Waals surface area contributed by atoms with Gasteiger partial charge in [-0.25, -0.2) is 9.18 Å². The molecule has 1 aromatic carbocycles. The number of nitrogens with zero attached hydrogens (tertiary/aromatic N) is 1. The largest absolute Gasteiger partial charge is 0.466 e. The van der Waals surface area contributed by atoms with Crippen molar-refractivity contribution in [3.05, 3.63) is 65.2 Å². The van der Waals surface area contributed by atoms with E-state index >= 15 is 0 Å². The maximum absolute atomic E-state index is 14.5. The first-order valence-corrected chi connectivity index (χ1v) is 8.67. The Morgan fingerprint density at radius 1 is 1.19 bits per heavy atom. The lowest BCUT2D eigenvalue weighted by molar-refractivity contribution is -0.134. The number of benzene rings is 1. The van der Waals surface area contributed by atoms with Gasteiger partial charge in [-0.2, -0.15) is 0 Å². The summed E-state index contributed by atoms with van der Waals surface area (Å²) in [6.45, 7) is 9.87. The maximum atomic E-state index is 14.5. The Bertz CT molecular complexity index is 914. The molecule has 0 atom stereocenters. The molecule has 0 radical (unpaired) electrons. The molecule has 0 fully saturated rings. The van der Waals surface area contributed by atoms with Crippen molar-refractivity contribution >= 4 is 22.4 Å². The Morgan fingerprint density at radius 2 is 1.88 bits per heavy atom. The van der Waals surface area contributed by atoms with Gasteiger partial charge in [0.25, 0.3) is 0 Å². The fourth-order valence-corrected chi connectivity index (χ4v) is 3.05. The molecule has 2 rings (SSSR count). The molecular formula is C22H26FNO2. The summed E-state index contributed by atoms with van der Waals surface area (Å²) < 4.78 is 21.3. The standard InChI is InChI=1S/C22H26FNO2/c1-14(2)24-16(4)12-19-13-18(8-10-21(19)24)17(5)20(23)9-7-15(3)11-22(25)26-6/h7-14H,1-6H3. The lowest BCUT2D eigenvalue weighted by Crippen LogP contribution is -2.01. The predicted molar refractivity (Wildman–Crippen MR) is 106 cm³/mol. The Balaban J connectivity index is 2.36. The number of esters is 1. The molecule has 3 nitrogen and oxygen atoms in total. The molecule has 138 valence electrons. The van der Waals surface area contributed by atoms with Crippen LogP contribution in [0.1, 0.15) is 45.0 Å². The molecule has 0 aliphatic rings. The van der Waals surface area contributed by atoms with Crippen molar-refractivity contribution in [3.8, 4) is 0 Å². The van der Waals surface area contributed by atoms with Gasteiger partial charge in [-0.15, -0.1) is 0 Å². The number of hydrogen-bond donors (Lipinski definition) is 0. The van der Waals surface area contributed by atoms with Crippen LogP contribution < -0.4 is 0 Å². The van der Waals surface area contributed by atoms with E-state index in [9.17, 15) is 9.18 Å². The molecule has 0 amide bonds. The summed E-state index contributed by atoms with van der Waals surface area (Å²) in [5.41, 5.74) is 4.37. The summed E-state index contributed by atoms with van der Waals surface area (Å²) in [7, 11) is 1.31. The molecule has 0 aliphatic carbocycles. The second kappa shape index (κ2) is 8.17. The van der Waals surface area contributed by atoms with Crippen molar-refractivity contribution < 1.29 is 13.9 Å². The van der Waals surface area contributed by atoms with Crippen molar-refractivity contribution in [2.24, 2.45) is 0 Å². The van der Waals surface area contributed by atoms with Crippen molar-refractivity contribution in [3.63, 3.8) is 0 Å². The minimum Gasteiger partial charge on any atom is -0.466 e. The maximum Gasteiger partial charge on any atom is 0.330 e. The summed E-state index contributed by atoms with van der Waals surface area (Å²) in [5.74, 6) is -0.786. The topological polar surface area (TPSA) is 31.2 Å². The third-order valence-corrected chi connectivity index (χ3v) is 4.38. The number of aromatic nitrogens is 1. The zero-order valence-corrected chi connectivity index (χ0v) is 16.3. The van der Waals surface area contributed by atoms with Gasteiger partial charge in [0.05, 0.1) is 7.11 Å². The molecule has 1 aromatic heterocycles. The van der Waals surface area contributed by atoms with Crippen molar-refractivity contribution in [1.82, 2.24) is 4.57 Å². The summed E-state index contributed by atoms with van der Waals surface area (Å²) in [6, 6.07) is 8.50. The summed E-state index contributed by atoms with van der Waals surface area (Å²) in [6.07, 6.45) is 4.26. The van der Waals surface area contributed by atoms with Gasteiger partial charge in [0.15, 0.2) is 0 Å². The summed E-state index contributed by atoms with van der Waals surface area (Å²) in [5, 5.41) is 1.10. The highest BCUT2D eigenvalue weighted by Gasteiger charge is 2.10. The third-order valence-electron chi connectivity index (χ3n) is 4.38. The Hall–Kier alpha value is -2.62. The molecule has 1 heterocycles. The van der Waals surface area contributed by atoms with E-state index in [1.54, 1.807) is 19.9 Å². The number of halogens is 1. The van der Waals surface area contributed by atoms with E-state index in [0.717, 1.165) is 16.5 Å². The van der Waals surface area contributed by atoms with Gasteiger partial charge in [0, 0.05) is 28.7 Å². The number of carbonyl (C=O) groups is 1. The fraction of sp³-hybridized carbons (Fsp3) is 0.318. The van der Waals surface area contributed by atoms with Gasteiger partial charge in [-0.05, 0) is 75.6 Å². The molecule has 26 heavy (non-hydrogen) atoms. The molecule has 0 unspecified atom stereocenters. The van der Waals surface area contributed by atoms with E-state index < -0.39 is 5.97 Å². The minimum absolute atomic E-state index is 0.332. The Morgan fingerprint density at radius 3 is 2.50 bits per heavy atom. The highest BCUT2D eigenvalue weighted by Crippen LogP contribution is 2.28. The van der Waals surface area contributed by atoms with Crippen LogP contribution in [0.15, 0.2) is 53.9 Å². The van der Waals surface area contributed by atoms with Gasteiger partial charge in [0.1, 0.15) is 5.83 Å². The van der Waals surface area contributed by atoms with Crippen LogP contribution in [0.2, 0.25) is 0 Å². The van der Waals surface area contributed by atoms with E-state index in [0.29, 0.717) is 17.2 Å². The second-order valence-electron chi connectivity index (χ2n) is 6.74. The van der Waals surface area contributed by atoms with E-state index in [2.05, 4.69) is 36.1 Å². The molecule has 0 saturated heterocycles. The highest BCUT2D eigenvalue weighted by atomic mass is 19.1. The zero-order chi connectivity index (χ0) is 19.4. The van der Waals surface area contributed by atoms with E-state index in [4.69, 9.17) is 0 Å². The molecule has 0 aliphatic heterocycles. The van der Waals surface area contributed by atoms with Gasteiger partial charge >= 0.3 is 5.97 Å². The lowest BCUT2D eigenvalue weighted by atomic mass is 10.0. The van der Waals surface area contributed by atoms with Gasteiger partial charge < -0.3 is 9.30 Å². The van der Waals surface area contributed by atoms with Crippen LogP contribution in [0.25, 0.3) is 16.5 Å². The van der Waals surface area contributed by atoms with Crippen molar-refractivity contribution in [1.29, 1.82) is 0 Å². The normalized spacial score (nSPS) is 13.6. The van der Waals surface area contributed by atoms with Gasteiger partial charge in [-0.3, -0.25) is 0 Å². The van der Waals surface area contributed by atoms with Crippen LogP contribution in [0.4, 0.5) is 4.39 Å². The van der Waals surface area contributed by atoms with Crippen LogP contribution in [0.5, 0.6) is 0 Å². The van der Waals surface area contributed by atoms with Gasteiger partial charge in [-0.1, -0.05) is 12.1 Å². The molecule has 4 heteroatoms. The number of aryl methyl sites for hydroxylation is 1. The van der Waals surface area contributed by atoms with Crippen molar-refractivity contribution in [2.75, 3.05) is 7.11 Å². The Kier molecular flexibility index (Phi) is 6.19. The van der Waals surface area contributed by atoms with E-state index in [1.165, 1.54) is 25.0 Å². The van der Waals surface area contributed by atoms with Crippen LogP contribution in [0.3, 0.4) is 0 Å². The number of hydrogen-bond acceptors (Lipinski definition) is 2. The number of allylic oxidation sites excluding steroid dienone is 5. The van der Waals surface area contributed by atoms with Crippen molar-refractivity contribution in [2.45, 2.75) is 40.7 Å². The molecule has 0 saturated carbocycles. The molecule has 0 bridgehead atoms. The monoisotopic (exact) mass is 355 g/mol. The summed E-state index contributed by atoms with van der Waals surface area (Å²) >= 11 is 0. The van der Waals surface area contributed by atoms with Crippen LogP contribution in [-0.2, 0) is 9.53 Å². The lowest BCUT2D eigenvalue weighted by Gasteiger charge is -2.12. The fourth-order valence-electron chi connectivity index (χ4n) is 3.05. The SMILES string of the molecule is COC(=O)C=C(C)C=CC(F)=C(C)c1ccc2c(c1)cc(C)n2C(C)C. The van der Waals surface area contributed by atoms with E-state index in [1.807, 2.05) is 18.2 Å². The molecule has 0 N–H and O–H groups in total. The minimum atomic E-state index is -0.455. The predicted octanol–water partition coefficient (Wildman–Crippen LogP) is 5.91. The average molecular weight is 355 g/mol. The number of fused-ring (bicyclic) bond motifs is 1. The number of carbonyl (C=O) groups excluding carboxylic acids is 1. The first-order valence-electron chi connectivity index (χ1n) is 8.67. The zero-order valence-electron chi connectivity index (χ0n) is 16.3. The quantitative estimate of drug-likeness (QED) is 0.379. The first-order chi connectivity index (χ1) is 12.2. The Labute approximate surface area is 154 Å². The second-order valence-corrected chi connectivity index (χ2v) is 6.74. The average Bonchev–Trinajstić information content (AvgIpc) is 2.93. The number of methoxy groups -OCH3 is 1.